The summed E-state index contributed by atoms with van der Waals surface area (Å²) in [5.41, 5.74) is 6.40. The van der Waals surface area contributed by atoms with Crippen LogP contribution >= 0.6 is 23.8 Å². The van der Waals surface area contributed by atoms with Gasteiger partial charge in [0.15, 0.2) is 5.11 Å². The van der Waals surface area contributed by atoms with E-state index in [1.165, 1.54) is 12.5 Å². The lowest BCUT2D eigenvalue weighted by molar-refractivity contribution is -0.114. The molecule has 0 aliphatic carbocycles. The topological polar surface area (TPSA) is 69.7 Å². The van der Waals surface area contributed by atoms with E-state index in [9.17, 15) is 4.79 Å². The number of anilines is 3. The summed E-state index contributed by atoms with van der Waals surface area (Å²) < 4.78 is 5.49. The van der Waals surface area contributed by atoms with Gasteiger partial charge >= 0.3 is 0 Å². The minimum absolute atomic E-state index is 0.135. The molecule has 2 atom stereocenters. The minimum Gasteiger partial charge on any atom is -0.495 e. The van der Waals surface area contributed by atoms with Crippen molar-refractivity contribution in [1.29, 1.82) is 0 Å². The maximum atomic E-state index is 11.9. The Bertz CT molecular complexity index is 1490. The van der Waals surface area contributed by atoms with Crippen molar-refractivity contribution in [2.45, 2.75) is 45.3 Å². The number of hydrogen-bond donors (Lipinski definition) is 2. The first-order valence-electron chi connectivity index (χ1n) is 12.7. The van der Waals surface area contributed by atoms with Crippen LogP contribution in [0.25, 0.3) is 5.57 Å². The van der Waals surface area contributed by atoms with Crippen LogP contribution in [0.15, 0.2) is 60.8 Å². The van der Waals surface area contributed by atoms with Gasteiger partial charge < -0.3 is 25.2 Å². The first-order valence-corrected chi connectivity index (χ1v) is 13.5. The number of halogens is 1. The number of pyridine rings is 1. The van der Waals surface area contributed by atoms with E-state index in [4.69, 9.17) is 28.6 Å². The van der Waals surface area contributed by atoms with Crippen molar-refractivity contribution in [3.63, 3.8) is 0 Å². The molecule has 1 aromatic heterocycles. The first kappa shape index (κ1) is 27.0. The average molecular weight is 562 g/mol. The molecule has 0 unspecified atom stereocenters. The number of carbonyl (C=O) groups excluding carboxylic acids is 1. The number of amides is 1. The van der Waals surface area contributed by atoms with Gasteiger partial charge in [0.1, 0.15) is 5.75 Å². The Morgan fingerprint density at radius 1 is 1.21 bits per heavy atom. The van der Waals surface area contributed by atoms with Gasteiger partial charge in [-0.1, -0.05) is 23.7 Å². The van der Waals surface area contributed by atoms with Crippen molar-refractivity contribution in [2.24, 2.45) is 0 Å². The number of nitrogens with one attached hydrogen (secondary N) is 2. The number of aromatic nitrogens is 1. The number of carbonyl (C=O) groups is 1. The summed E-state index contributed by atoms with van der Waals surface area (Å²) in [7, 11) is 3.66. The van der Waals surface area contributed by atoms with Crippen molar-refractivity contribution in [3.05, 3.63) is 82.6 Å². The van der Waals surface area contributed by atoms with Gasteiger partial charge in [-0.15, -0.1) is 0 Å². The molecule has 1 saturated heterocycles. The molecule has 0 radical (unpaired) electrons. The van der Waals surface area contributed by atoms with Gasteiger partial charge in [0.05, 0.1) is 36.1 Å². The van der Waals surface area contributed by atoms with Gasteiger partial charge in [-0.25, -0.2) is 0 Å². The van der Waals surface area contributed by atoms with Crippen LogP contribution < -0.4 is 25.2 Å². The Kier molecular flexibility index (Phi) is 7.03. The Balaban J connectivity index is 1.70. The van der Waals surface area contributed by atoms with E-state index >= 15 is 0 Å². The summed E-state index contributed by atoms with van der Waals surface area (Å²) in [6.07, 6.45) is 4.06. The summed E-state index contributed by atoms with van der Waals surface area (Å²) in [5.74, 6) is 0.366. The molecule has 1 amide bonds. The fraction of sp³-hybridized carbons (Fsp3) is 0.300. The summed E-state index contributed by atoms with van der Waals surface area (Å²) >= 11 is 13.0. The Labute approximate surface area is 239 Å². The molecule has 1 fully saturated rings. The number of rotatable bonds is 5. The number of ether oxygens (including phenoxy) is 1. The molecular weight excluding hydrogens is 530 g/mol. The quantitative estimate of drug-likeness (QED) is 0.344. The molecule has 0 saturated carbocycles. The second kappa shape index (κ2) is 10.2. The molecule has 39 heavy (non-hydrogen) atoms. The van der Waals surface area contributed by atoms with E-state index in [0.717, 1.165) is 28.2 Å². The molecule has 0 spiro atoms. The number of thiocarbonyl (C=S) groups is 1. The van der Waals surface area contributed by atoms with Crippen LogP contribution in [0.1, 0.15) is 56.6 Å². The molecule has 7 nitrogen and oxygen atoms in total. The highest BCUT2D eigenvalue weighted by Gasteiger charge is 2.43. The molecule has 2 aliphatic heterocycles. The summed E-state index contributed by atoms with van der Waals surface area (Å²) in [4.78, 5) is 20.9. The predicted octanol–water partition coefficient (Wildman–Crippen LogP) is 6.51. The molecule has 2 aliphatic rings. The maximum Gasteiger partial charge on any atom is 0.221 e. The zero-order valence-corrected chi connectivity index (χ0v) is 24.4. The molecule has 0 bridgehead atoms. The largest absolute Gasteiger partial charge is 0.495 e. The maximum absolute atomic E-state index is 11.9. The van der Waals surface area contributed by atoms with Crippen molar-refractivity contribution < 1.29 is 9.53 Å². The van der Waals surface area contributed by atoms with Gasteiger partial charge in [-0.05, 0) is 86.6 Å². The van der Waals surface area contributed by atoms with E-state index in [0.29, 0.717) is 21.6 Å². The summed E-state index contributed by atoms with van der Waals surface area (Å²) in [6.45, 7) is 7.99. The van der Waals surface area contributed by atoms with E-state index in [1.54, 1.807) is 13.3 Å². The highest BCUT2D eigenvalue weighted by atomic mass is 35.5. The first-order chi connectivity index (χ1) is 18.5. The zero-order valence-electron chi connectivity index (χ0n) is 22.9. The van der Waals surface area contributed by atoms with Crippen LogP contribution in [-0.4, -0.2) is 35.7 Å². The lowest BCUT2D eigenvalue weighted by Crippen LogP contribution is -2.42. The fourth-order valence-electron chi connectivity index (χ4n) is 5.50. The third-order valence-corrected chi connectivity index (χ3v) is 8.17. The number of allylic oxidation sites excluding steroid dienone is 1. The fourth-order valence-corrected chi connectivity index (χ4v) is 6.11. The van der Waals surface area contributed by atoms with Gasteiger partial charge in [-0.2, -0.15) is 0 Å². The lowest BCUT2D eigenvalue weighted by atomic mass is 9.86. The normalized spacial score (nSPS) is 19.8. The summed E-state index contributed by atoms with van der Waals surface area (Å²) in [6, 6.07) is 15.1. The van der Waals surface area contributed by atoms with Crippen LogP contribution in [0.2, 0.25) is 5.02 Å². The van der Waals surface area contributed by atoms with Gasteiger partial charge in [0.25, 0.3) is 0 Å². The van der Waals surface area contributed by atoms with Gasteiger partial charge in [0.2, 0.25) is 5.91 Å². The van der Waals surface area contributed by atoms with Crippen molar-refractivity contribution in [3.8, 4) is 5.75 Å². The number of fused-ring (bicyclic) bond motifs is 1. The predicted molar refractivity (Wildman–Crippen MR) is 163 cm³/mol. The van der Waals surface area contributed by atoms with Crippen LogP contribution in [0.3, 0.4) is 0 Å². The number of benzene rings is 2. The van der Waals surface area contributed by atoms with E-state index in [1.807, 2.05) is 41.3 Å². The highest BCUT2D eigenvalue weighted by Crippen LogP contribution is 2.48. The van der Waals surface area contributed by atoms with Gasteiger partial charge in [0, 0.05) is 42.1 Å². The average Bonchev–Trinajstić information content (AvgIpc) is 3.23. The smallest absolute Gasteiger partial charge is 0.221 e. The number of methoxy groups -OCH3 is 1. The zero-order chi connectivity index (χ0) is 28.1. The summed E-state index contributed by atoms with van der Waals surface area (Å²) in [5, 5.41) is 7.53. The Hall–Kier alpha value is -3.62. The second-order valence-corrected chi connectivity index (χ2v) is 11.3. The number of hydrogen-bond acceptors (Lipinski definition) is 5. The van der Waals surface area contributed by atoms with Gasteiger partial charge in [-0.3, -0.25) is 9.78 Å². The molecular formula is C30H32ClN5O2S. The molecule has 3 aromatic rings. The monoisotopic (exact) mass is 561 g/mol. The van der Waals surface area contributed by atoms with E-state index < -0.39 is 0 Å². The molecule has 3 heterocycles. The van der Waals surface area contributed by atoms with Crippen LogP contribution in [0, 0.1) is 0 Å². The third-order valence-electron chi connectivity index (χ3n) is 7.52. The molecule has 202 valence electrons. The van der Waals surface area contributed by atoms with Crippen molar-refractivity contribution >= 4 is 57.5 Å². The molecule has 9 heteroatoms. The molecule has 2 aromatic carbocycles. The van der Waals surface area contributed by atoms with Crippen molar-refractivity contribution in [1.82, 2.24) is 10.3 Å². The second-order valence-electron chi connectivity index (χ2n) is 10.5. The number of nitrogens with zero attached hydrogens (tertiary/aromatic N) is 3. The Morgan fingerprint density at radius 3 is 2.64 bits per heavy atom. The minimum atomic E-state index is -0.309. The highest BCUT2D eigenvalue weighted by molar-refractivity contribution is 7.80. The SMILES string of the molecule is COc1ccc(N2C(=S)N[C@@H](c3ccccn3)[C@@H]2c2cc3c(cc2Cl)N(C)C(C)(C)C=C3C)cc1NC(C)=O. The van der Waals surface area contributed by atoms with Crippen LogP contribution in [0.4, 0.5) is 17.1 Å². The standard InChI is InChI=1S/C30H32ClN5O2S/c1-17-16-30(3,4)35(5)25-15-22(31)21(14-20(17)25)28-27(23-9-7-8-12-32-23)34-29(39)36(28)19-10-11-26(38-6)24(13-19)33-18(2)37/h7-16,27-28H,1-6H3,(H,33,37)(H,34,39)/t27-,28-/m0/s1. The molecule has 5 rings (SSSR count). The van der Waals surface area contributed by atoms with Crippen LogP contribution in [-0.2, 0) is 4.79 Å². The lowest BCUT2D eigenvalue weighted by Gasteiger charge is -2.41. The Morgan fingerprint density at radius 2 is 1.97 bits per heavy atom. The van der Waals surface area contributed by atoms with E-state index in [2.05, 4.69) is 66.5 Å². The third kappa shape index (κ3) is 4.83. The number of likely N-dealkylation sites (N-methyl/N-ethyl adjacent to an activating group) is 1. The van der Waals surface area contributed by atoms with E-state index in [-0.39, 0.29) is 23.5 Å². The molecule has 2 N–H and O–H groups in total. The van der Waals surface area contributed by atoms with Crippen molar-refractivity contribution in [2.75, 3.05) is 29.3 Å². The van der Waals surface area contributed by atoms with Crippen LogP contribution in [0.5, 0.6) is 5.75 Å².